The van der Waals surface area contributed by atoms with Gasteiger partial charge in [-0.05, 0) is 19.4 Å². The lowest BCUT2D eigenvalue weighted by Gasteiger charge is -2.04. The van der Waals surface area contributed by atoms with E-state index in [1.807, 2.05) is 0 Å². The third-order valence-corrected chi connectivity index (χ3v) is 1.55. The quantitative estimate of drug-likeness (QED) is 0.638. The van der Waals surface area contributed by atoms with Gasteiger partial charge in [0.25, 0.3) is 0 Å². The van der Waals surface area contributed by atoms with E-state index in [1.165, 1.54) is 7.11 Å². The van der Waals surface area contributed by atoms with Crippen LogP contribution in [0, 0.1) is 0 Å². The van der Waals surface area contributed by atoms with Crippen LogP contribution < -0.4 is 5.32 Å². The summed E-state index contributed by atoms with van der Waals surface area (Å²) < 4.78 is 4.53. The first-order valence-corrected chi connectivity index (χ1v) is 3.16. The standard InChI is InChI=1S/C6H11NO2.2ClH/c1-9-6(8)5-3-2-4-7-5;;/h5,7H,2-4H2,1H3;2*1H/t5-;;/m0../s1. The molecule has 1 saturated heterocycles. The molecule has 0 saturated carbocycles. The van der Waals surface area contributed by atoms with Crippen molar-refractivity contribution in [3.63, 3.8) is 0 Å². The minimum absolute atomic E-state index is 0. The molecule has 1 N–H and O–H groups in total. The number of esters is 1. The zero-order chi connectivity index (χ0) is 6.69. The first kappa shape index (κ1) is 13.6. The van der Waals surface area contributed by atoms with Crippen molar-refractivity contribution in [2.24, 2.45) is 0 Å². The van der Waals surface area contributed by atoms with E-state index in [9.17, 15) is 4.79 Å². The fraction of sp³-hybridized carbons (Fsp3) is 0.833. The molecule has 1 fully saturated rings. The van der Waals surface area contributed by atoms with E-state index in [1.54, 1.807) is 0 Å². The van der Waals surface area contributed by atoms with Crippen molar-refractivity contribution in [3.05, 3.63) is 0 Å². The molecule has 0 aromatic rings. The summed E-state index contributed by atoms with van der Waals surface area (Å²) in [6.07, 6.45) is 2.01. The minimum Gasteiger partial charge on any atom is -0.468 e. The van der Waals surface area contributed by atoms with Gasteiger partial charge in [-0.3, -0.25) is 4.79 Å². The topological polar surface area (TPSA) is 38.3 Å². The van der Waals surface area contributed by atoms with Gasteiger partial charge in [0.2, 0.25) is 0 Å². The lowest BCUT2D eigenvalue weighted by Crippen LogP contribution is -2.31. The maximum absolute atomic E-state index is 10.7. The zero-order valence-electron chi connectivity index (χ0n) is 6.33. The number of halogens is 2. The van der Waals surface area contributed by atoms with Crippen molar-refractivity contribution < 1.29 is 9.53 Å². The van der Waals surface area contributed by atoms with Gasteiger partial charge in [-0.2, -0.15) is 0 Å². The predicted molar refractivity (Wildman–Crippen MR) is 47.5 cm³/mol. The van der Waals surface area contributed by atoms with E-state index in [2.05, 4.69) is 10.1 Å². The third kappa shape index (κ3) is 3.79. The van der Waals surface area contributed by atoms with E-state index in [0.29, 0.717) is 0 Å². The van der Waals surface area contributed by atoms with Gasteiger partial charge < -0.3 is 10.1 Å². The largest absolute Gasteiger partial charge is 0.468 e. The first-order valence-electron chi connectivity index (χ1n) is 3.16. The monoisotopic (exact) mass is 201 g/mol. The molecule has 0 aliphatic carbocycles. The zero-order valence-corrected chi connectivity index (χ0v) is 7.96. The highest BCUT2D eigenvalue weighted by atomic mass is 35.5. The number of hydrogen-bond acceptors (Lipinski definition) is 3. The van der Waals surface area contributed by atoms with Gasteiger partial charge in [0, 0.05) is 0 Å². The molecule has 1 rings (SSSR count). The minimum atomic E-state index is -0.132. The molecule has 0 amide bonds. The van der Waals surface area contributed by atoms with Crippen LogP contribution in [0.4, 0.5) is 0 Å². The summed E-state index contributed by atoms with van der Waals surface area (Å²) >= 11 is 0. The third-order valence-electron chi connectivity index (χ3n) is 1.55. The Morgan fingerprint density at radius 1 is 1.55 bits per heavy atom. The predicted octanol–water partition coefficient (Wildman–Crippen LogP) is 0.755. The number of hydrogen-bond donors (Lipinski definition) is 1. The molecule has 1 aliphatic heterocycles. The lowest BCUT2D eigenvalue weighted by atomic mass is 10.2. The molecule has 3 nitrogen and oxygen atoms in total. The number of ether oxygens (including phenoxy) is 1. The fourth-order valence-electron chi connectivity index (χ4n) is 1.03. The van der Waals surface area contributed by atoms with Crippen LogP contribution in [0.25, 0.3) is 0 Å². The van der Waals surface area contributed by atoms with Gasteiger partial charge in [-0.1, -0.05) is 0 Å². The lowest BCUT2D eigenvalue weighted by molar-refractivity contribution is -0.142. The molecule has 1 atom stereocenters. The van der Waals surface area contributed by atoms with E-state index in [0.717, 1.165) is 19.4 Å². The Hall–Kier alpha value is 0.01000. The molecular formula is C6H13Cl2NO2. The Balaban J connectivity index is 0. The Labute approximate surface area is 78.7 Å². The molecular weight excluding hydrogens is 189 g/mol. The van der Waals surface area contributed by atoms with Gasteiger partial charge in [-0.15, -0.1) is 24.8 Å². The molecule has 0 radical (unpaired) electrons. The van der Waals surface area contributed by atoms with Crippen molar-refractivity contribution in [2.45, 2.75) is 18.9 Å². The fourth-order valence-corrected chi connectivity index (χ4v) is 1.03. The SMILES string of the molecule is COC(=O)[C@@H]1CCCN1.Cl.Cl. The molecule has 11 heavy (non-hydrogen) atoms. The summed E-state index contributed by atoms with van der Waals surface area (Å²) in [5.74, 6) is -0.132. The number of nitrogens with one attached hydrogen (secondary N) is 1. The van der Waals surface area contributed by atoms with E-state index >= 15 is 0 Å². The molecule has 0 bridgehead atoms. The van der Waals surface area contributed by atoms with Crippen LogP contribution in [-0.4, -0.2) is 25.7 Å². The highest BCUT2D eigenvalue weighted by Gasteiger charge is 2.21. The Morgan fingerprint density at radius 2 is 2.18 bits per heavy atom. The highest BCUT2D eigenvalue weighted by molar-refractivity contribution is 5.85. The molecule has 1 heterocycles. The first-order chi connectivity index (χ1) is 4.34. The number of rotatable bonds is 1. The average molecular weight is 202 g/mol. The van der Waals surface area contributed by atoms with Crippen molar-refractivity contribution in [1.29, 1.82) is 0 Å². The summed E-state index contributed by atoms with van der Waals surface area (Å²) in [5.41, 5.74) is 0. The van der Waals surface area contributed by atoms with Crippen LogP contribution in [0.5, 0.6) is 0 Å². The summed E-state index contributed by atoms with van der Waals surface area (Å²) in [5, 5.41) is 3.03. The van der Waals surface area contributed by atoms with Crippen LogP contribution in [0.1, 0.15) is 12.8 Å². The number of carbonyl (C=O) groups excluding carboxylic acids is 1. The van der Waals surface area contributed by atoms with Crippen LogP contribution in [0.3, 0.4) is 0 Å². The van der Waals surface area contributed by atoms with Crippen LogP contribution in [-0.2, 0) is 9.53 Å². The average Bonchev–Trinajstić information content (AvgIpc) is 2.37. The second-order valence-corrected chi connectivity index (χ2v) is 2.17. The van der Waals surface area contributed by atoms with Crippen molar-refractivity contribution in [3.8, 4) is 0 Å². The molecule has 0 spiro atoms. The van der Waals surface area contributed by atoms with Crippen molar-refractivity contribution in [2.75, 3.05) is 13.7 Å². The van der Waals surface area contributed by atoms with Gasteiger partial charge in [-0.25, -0.2) is 0 Å². The van der Waals surface area contributed by atoms with Crippen LogP contribution in [0.15, 0.2) is 0 Å². The molecule has 5 heteroatoms. The Morgan fingerprint density at radius 3 is 2.55 bits per heavy atom. The summed E-state index contributed by atoms with van der Waals surface area (Å²) in [6.45, 7) is 0.944. The molecule has 68 valence electrons. The molecule has 0 aromatic heterocycles. The normalized spacial score (nSPS) is 21.4. The Kier molecular flexibility index (Phi) is 8.28. The number of carbonyl (C=O) groups is 1. The highest BCUT2D eigenvalue weighted by Crippen LogP contribution is 2.05. The Bertz CT molecular complexity index is 115. The van der Waals surface area contributed by atoms with Gasteiger partial charge >= 0.3 is 5.97 Å². The molecule has 0 unspecified atom stereocenters. The summed E-state index contributed by atoms with van der Waals surface area (Å²) in [4.78, 5) is 10.7. The van der Waals surface area contributed by atoms with Gasteiger partial charge in [0.15, 0.2) is 0 Å². The van der Waals surface area contributed by atoms with Crippen molar-refractivity contribution >= 4 is 30.8 Å². The van der Waals surface area contributed by atoms with Gasteiger partial charge in [0.05, 0.1) is 7.11 Å². The summed E-state index contributed by atoms with van der Waals surface area (Å²) in [6, 6.07) is -0.0324. The molecule has 0 aromatic carbocycles. The van der Waals surface area contributed by atoms with Crippen LogP contribution >= 0.6 is 24.8 Å². The summed E-state index contributed by atoms with van der Waals surface area (Å²) in [7, 11) is 1.42. The second kappa shape index (κ2) is 6.70. The number of methoxy groups -OCH3 is 1. The van der Waals surface area contributed by atoms with E-state index in [4.69, 9.17) is 0 Å². The second-order valence-electron chi connectivity index (χ2n) is 2.17. The van der Waals surface area contributed by atoms with E-state index < -0.39 is 0 Å². The molecule has 1 aliphatic rings. The smallest absolute Gasteiger partial charge is 0.322 e. The maximum Gasteiger partial charge on any atom is 0.322 e. The maximum atomic E-state index is 10.7. The van der Waals surface area contributed by atoms with Crippen LogP contribution in [0.2, 0.25) is 0 Å². The van der Waals surface area contributed by atoms with Crippen molar-refractivity contribution in [1.82, 2.24) is 5.32 Å². The van der Waals surface area contributed by atoms with Gasteiger partial charge in [0.1, 0.15) is 6.04 Å². The van der Waals surface area contributed by atoms with E-state index in [-0.39, 0.29) is 36.8 Å².